The molecule has 0 aliphatic carbocycles. The Labute approximate surface area is 160 Å². The van der Waals surface area contributed by atoms with Crippen molar-refractivity contribution < 1.29 is 13.2 Å². The van der Waals surface area contributed by atoms with Crippen LogP contribution < -0.4 is 5.32 Å². The molecule has 1 saturated heterocycles. The Bertz CT molecular complexity index is 875. The van der Waals surface area contributed by atoms with Crippen molar-refractivity contribution in [1.82, 2.24) is 14.6 Å². The van der Waals surface area contributed by atoms with Gasteiger partial charge in [-0.1, -0.05) is 36.4 Å². The number of sulfonamides is 1. The van der Waals surface area contributed by atoms with Crippen molar-refractivity contribution in [3.05, 3.63) is 71.4 Å². The minimum absolute atomic E-state index is 0.0440. The number of hydrogen-bond acceptors (Lipinski definition) is 4. The summed E-state index contributed by atoms with van der Waals surface area (Å²) in [5, 5.41) is 4.13. The molecular formula is C20H23N3O3S. The van der Waals surface area contributed by atoms with Crippen LogP contribution in [-0.2, 0) is 21.4 Å². The molecule has 0 atom stereocenters. The first-order valence-corrected chi connectivity index (χ1v) is 10.5. The van der Waals surface area contributed by atoms with E-state index in [2.05, 4.69) is 10.3 Å². The van der Waals surface area contributed by atoms with Crippen molar-refractivity contribution in [2.75, 3.05) is 13.1 Å². The third kappa shape index (κ3) is 5.48. The minimum Gasteiger partial charge on any atom is -0.350 e. The second-order valence-corrected chi connectivity index (χ2v) is 8.29. The average molecular weight is 385 g/mol. The minimum atomic E-state index is -3.47. The molecule has 2 heterocycles. The highest BCUT2D eigenvalue weighted by Gasteiger charge is 2.29. The highest BCUT2D eigenvalue weighted by Crippen LogP contribution is 2.21. The Morgan fingerprint density at radius 1 is 1.11 bits per heavy atom. The molecular weight excluding hydrogens is 362 g/mol. The lowest BCUT2D eigenvalue weighted by atomic mass is 9.97. The standard InChI is InChI=1S/C20H23N3O3S/c24-20(22-16-19-8-4-5-12-21-19)18-9-13-23(14-10-18)27(25,26)15-11-17-6-2-1-3-7-17/h1-8,11-12,15,18H,9-10,13-14,16H2,(H,22,24)/b15-11+. The van der Waals surface area contributed by atoms with Gasteiger partial charge in [-0.3, -0.25) is 9.78 Å². The predicted molar refractivity (Wildman–Crippen MR) is 105 cm³/mol. The molecule has 6 nitrogen and oxygen atoms in total. The van der Waals surface area contributed by atoms with E-state index in [0.29, 0.717) is 32.5 Å². The van der Waals surface area contributed by atoms with Gasteiger partial charge in [0.1, 0.15) is 0 Å². The monoisotopic (exact) mass is 385 g/mol. The van der Waals surface area contributed by atoms with E-state index in [-0.39, 0.29) is 11.8 Å². The first-order chi connectivity index (χ1) is 13.0. The molecule has 27 heavy (non-hydrogen) atoms. The molecule has 1 amide bonds. The van der Waals surface area contributed by atoms with Crippen LogP contribution in [0, 0.1) is 5.92 Å². The summed E-state index contributed by atoms with van der Waals surface area (Å²) in [5.74, 6) is -0.212. The van der Waals surface area contributed by atoms with Gasteiger partial charge in [0.15, 0.2) is 0 Å². The Morgan fingerprint density at radius 2 is 1.81 bits per heavy atom. The van der Waals surface area contributed by atoms with Gasteiger partial charge in [-0.2, -0.15) is 4.31 Å². The van der Waals surface area contributed by atoms with Crippen LogP contribution in [0.25, 0.3) is 6.08 Å². The molecule has 1 N–H and O–H groups in total. The zero-order chi connectivity index (χ0) is 19.1. The number of carbonyl (C=O) groups excluding carboxylic acids is 1. The fourth-order valence-corrected chi connectivity index (χ4v) is 4.23. The summed E-state index contributed by atoms with van der Waals surface area (Å²) < 4.78 is 26.4. The van der Waals surface area contributed by atoms with E-state index in [1.807, 2.05) is 48.5 Å². The Morgan fingerprint density at radius 3 is 2.48 bits per heavy atom. The topological polar surface area (TPSA) is 79.4 Å². The number of hydrogen-bond donors (Lipinski definition) is 1. The molecule has 1 fully saturated rings. The van der Waals surface area contributed by atoms with Crippen LogP contribution in [-0.4, -0.2) is 36.7 Å². The van der Waals surface area contributed by atoms with Crippen molar-refractivity contribution in [2.24, 2.45) is 5.92 Å². The molecule has 0 unspecified atom stereocenters. The van der Waals surface area contributed by atoms with Crippen LogP contribution in [0.3, 0.4) is 0 Å². The summed E-state index contributed by atoms with van der Waals surface area (Å²) in [6, 6.07) is 14.9. The zero-order valence-corrected chi connectivity index (χ0v) is 15.8. The zero-order valence-electron chi connectivity index (χ0n) is 15.0. The van der Waals surface area contributed by atoms with Gasteiger partial charge in [0, 0.05) is 30.6 Å². The molecule has 142 valence electrons. The van der Waals surface area contributed by atoms with E-state index >= 15 is 0 Å². The molecule has 1 aliphatic heterocycles. The fraction of sp³-hybridized carbons (Fsp3) is 0.300. The summed E-state index contributed by atoms with van der Waals surface area (Å²) in [6.07, 6.45) is 4.33. The number of benzene rings is 1. The highest BCUT2D eigenvalue weighted by atomic mass is 32.2. The third-order valence-electron chi connectivity index (χ3n) is 4.59. The van der Waals surface area contributed by atoms with Crippen LogP contribution in [0.2, 0.25) is 0 Å². The molecule has 3 rings (SSSR count). The molecule has 0 radical (unpaired) electrons. The van der Waals surface area contributed by atoms with Crippen LogP contribution in [0.1, 0.15) is 24.1 Å². The van der Waals surface area contributed by atoms with Crippen molar-refractivity contribution >= 4 is 22.0 Å². The molecule has 0 saturated carbocycles. The van der Waals surface area contributed by atoms with Gasteiger partial charge in [0.2, 0.25) is 15.9 Å². The molecule has 2 aromatic rings. The van der Waals surface area contributed by atoms with Crippen molar-refractivity contribution in [3.8, 4) is 0 Å². The SMILES string of the molecule is O=C(NCc1ccccn1)C1CCN(S(=O)(=O)/C=C/c2ccccc2)CC1. The first kappa shape index (κ1) is 19.3. The second kappa shape index (κ2) is 8.92. The quantitative estimate of drug-likeness (QED) is 0.828. The summed E-state index contributed by atoms with van der Waals surface area (Å²) >= 11 is 0. The molecule has 1 aromatic heterocycles. The van der Waals surface area contributed by atoms with E-state index in [0.717, 1.165) is 11.3 Å². The van der Waals surface area contributed by atoms with E-state index in [1.165, 1.54) is 9.71 Å². The molecule has 1 aromatic carbocycles. The maximum atomic E-state index is 12.5. The number of aromatic nitrogens is 1. The molecule has 1 aliphatic rings. The average Bonchev–Trinajstić information content (AvgIpc) is 2.72. The fourth-order valence-electron chi connectivity index (χ4n) is 3.01. The number of piperidine rings is 1. The van der Waals surface area contributed by atoms with Crippen LogP contribution in [0.4, 0.5) is 0 Å². The Hall–Kier alpha value is -2.51. The largest absolute Gasteiger partial charge is 0.350 e. The predicted octanol–water partition coefficient (Wildman–Crippen LogP) is 2.41. The van der Waals surface area contributed by atoms with Crippen molar-refractivity contribution in [2.45, 2.75) is 19.4 Å². The third-order valence-corrected chi connectivity index (χ3v) is 6.15. The summed E-state index contributed by atoms with van der Waals surface area (Å²) in [4.78, 5) is 16.5. The van der Waals surface area contributed by atoms with Gasteiger partial charge in [-0.15, -0.1) is 0 Å². The van der Waals surface area contributed by atoms with E-state index in [1.54, 1.807) is 12.3 Å². The van der Waals surface area contributed by atoms with Gasteiger partial charge in [-0.25, -0.2) is 8.42 Å². The van der Waals surface area contributed by atoms with Gasteiger partial charge in [-0.05, 0) is 36.6 Å². The van der Waals surface area contributed by atoms with E-state index in [9.17, 15) is 13.2 Å². The normalized spacial score (nSPS) is 16.4. The number of carbonyl (C=O) groups is 1. The second-order valence-electron chi connectivity index (χ2n) is 6.47. The molecule has 7 heteroatoms. The van der Waals surface area contributed by atoms with Gasteiger partial charge < -0.3 is 5.32 Å². The number of nitrogens with one attached hydrogen (secondary N) is 1. The summed E-state index contributed by atoms with van der Waals surface area (Å²) in [7, 11) is -3.47. The maximum absolute atomic E-state index is 12.5. The van der Waals surface area contributed by atoms with Gasteiger partial charge in [0.05, 0.1) is 12.2 Å². The molecule has 0 bridgehead atoms. The number of rotatable bonds is 6. The van der Waals surface area contributed by atoms with Crippen LogP contribution in [0.5, 0.6) is 0 Å². The first-order valence-electron chi connectivity index (χ1n) is 8.95. The number of nitrogens with zero attached hydrogens (tertiary/aromatic N) is 2. The number of pyridine rings is 1. The van der Waals surface area contributed by atoms with E-state index < -0.39 is 10.0 Å². The van der Waals surface area contributed by atoms with Crippen LogP contribution >= 0.6 is 0 Å². The Balaban J connectivity index is 1.50. The summed E-state index contributed by atoms with van der Waals surface area (Å²) in [6.45, 7) is 1.09. The molecule has 0 spiro atoms. The van der Waals surface area contributed by atoms with Gasteiger partial charge in [0.25, 0.3) is 0 Å². The number of amides is 1. The van der Waals surface area contributed by atoms with Crippen molar-refractivity contribution in [1.29, 1.82) is 0 Å². The van der Waals surface area contributed by atoms with E-state index in [4.69, 9.17) is 0 Å². The van der Waals surface area contributed by atoms with Crippen molar-refractivity contribution in [3.63, 3.8) is 0 Å². The lowest BCUT2D eigenvalue weighted by Crippen LogP contribution is -2.42. The van der Waals surface area contributed by atoms with Crippen LogP contribution in [0.15, 0.2) is 60.1 Å². The smallest absolute Gasteiger partial charge is 0.236 e. The Kier molecular flexibility index (Phi) is 6.36. The lowest BCUT2D eigenvalue weighted by molar-refractivity contribution is -0.126. The summed E-state index contributed by atoms with van der Waals surface area (Å²) in [5.41, 5.74) is 1.64. The lowest BCUT2D eigenvalue weighted by Gasteiger charge is -2.29. The maximum Gasteiger partial charge on any atom is 0.236 e. The van der Waals surface area contributed by atoms with Gasteiger partial charge >= 0.3 is 0 Å². The highest BCUT2D eigenvalue weighted by molar-refractivity contribution is 7.92.